The average molecular weight is 234 g/mol. The number of rotatable bonds is 2. The Bertz CT molecular complexity index is 642. The van der Waals surface area contributed by atoms with Crippen LogP contribution in [-0.4, -0.2) is 19.2 Å². The molecule has 0 bridgehead atoms. The van der Waals surface area contributed by atoms with Crippen LogP contribution in [0.4, 0.5) is 11.4 Å². The first-order valence-corrected chi connectivity index (χ1v) is 5.51. The van der Waals surface area contributed by atoms with Crippen molar-refractivity contribution in [1.29, 1.82) is 0 Å². The van der Waals surface area contributed by atoms with Crippen LogP contribution in [0.3, 0.4) is 0 Å². The van der Waals surface area contributed by atoms with Gasteiger partial charge in [0.2, 0.25) is 0 Å². The summed E-state index contributed by atoms with van der Waals surface area (Å²) in [5.74, 6) is 0.0102. The third kappa shape index (κ3) is 1.34. The van der Waals surface area contributed by atoms with Gasteiger partial charge in [0.1, 0.15) is 0 Å². The molecule has 2 aromatic carbocycles. The van der Waals surface area contributed by atoms with E-state index in [2.05, 4.69) is 23.4 Å². The Morgan fingerprint density at radius 1 is 0.722 bits per heavy atom. The number of fused-ring (bicyclic) bond motifs is 3. The van der Waals surface area contributed by atoms with Gasteiger partial charge in [-0.2, -0.15) is 0 Å². The number of carbonyl (C=O) groups is 1. The Morgan fingerprint density at radius 2 is 1.17 bits per heavy atom. The Morgan fingerprint density at radius 3 is 1.56 bits per heavy atom. The van der Waals surface area contributed by atoms with Crippen LogP contribution in [-0.2, 0) is 0 Å². The second-order valence-corrected chi connectivity index (χ2v) is 4.11. The van der Waals surface area contributed by atoms with Crippen LogP contribution in [0.15, 0.2) is 46.4 Å². The van der Waals surface area contributed by atoms with Crippen LogP contribution >= 0.6 is 0 Å². The number of hydrogen-bond donors (Lipinski definition) is 0. The smallest absolute Gasteiger partial charge is 0.194 e. The minimum Gasteiger partial charge on any atom is -0.289 e. The van der Waals surface area contributed by atoms with Gasteiger partial charge in [-0.15, -0.1) is 0 Å². The SMILES string of the molecule is C=Nc1ccc2c(c1)C(=O)c1cc(N=C)ccc1-2. The lowest BCUT2D eigenvalue weighted by Crippen LogP contribution is -1.94. The van der Waals surface area contributed by atoms with Gasteiger partial charge in [0.05, 0.1) is 11.4 Å². The molecular weight excluding hydrogens is 224 g/mol. The van der Waals surface area contributed by atoms with E-state index in [1.165, 1.54) is 0 Å². The van der Waals surface area contributed by atoms with E-state index in [1.54, 1.807) is 12.1 Å². The van der Waals surface area contributed by atoms with E-state index in [-0.39, 0.29) is 5.78 Å². The summed E-state index contributed by atoms with van der Waals surface area (Å²) in [4.78, 5) is 20.0. The minimum atomic E-state index is 0.0102. The molecule has 0 atom stereocenters. The molecule has 18 heavy (non-hydrogen) atoms. The fraction of sp³-hybridized carbons (Fsp3) is 0. The van der Waals surface area contributed by atoms with Gasteiger partial charge < -0.3 is 0 Å². The zero-order chi connectivity index (χ0) is 12.7. The summed E-state index contributed by atoms with van der Waals surface area (Å²) in [7, 11) is 0. The van der Waals surface area contributed by atoms with E-state index in [9.17, 15) is 4.79 Å². The molecule has 0 heterocycles. The summed E-state index contributed by atoms with van der Waals surface area (Å²) in [6.07, 6.45) is 0. The molecule has 0 spiro atoms. The predicted molar refractivity (Wildman–Crippen MR) is 73.7 cm³/mol. The highest BCUT2D eigenvalue weighted by molar-refractivity contribution is 6.22. The van der Waals surface area contributed by atoms with Crippen molar-refractivity contribution in [3.05, 3.63) is 47.5 Å². The predicted octanol–water partition coefficient (Wildman–Crippen LogP) is 3.56. The molecule has 1 aliphatic carbocycles. The molecule has 0 N–H and O–H groups in total. The van der Waals surface area contributed by atoms with Gasteiger partial charge in [-0.25, -0.2) is 0 Å². The van der Waals surface area contributed by atoms with E-state index in [4.69, 9.17) is 0 Å². The molecular formula is C15H10N2O. The van der Waals surface area contributed by atoms with Gasteiger partial charge in [0.15, 0.2) is 5.78 Å². The number of ketones is 1. The summed E-state index contributed by atoms with van der Waals surface area (Å²) in [5, 5.41) is 0. The highest BCUT2D eigenvalue weighted by atomic mass is 16.1. The van der Waals surface area contributed by atoms with E-state index in [0.29, 0.717) is 22.5 Å². The van der Waals surface area contributed by atoms with E-state index in [0.717, 1.165) is 11.1 Å². The molecule has 0 saturated heterocycles. The number of carbonyl (C=O) groups excluding carboxylic acids is 1. The first kappa shape index (κ1) is 10.6. The monoisotopic (exact) mass is 234 g/mol. The average Bonchev–Trinajstić information content (AvgIpc) is 2.71. The molecule has 0 aliphatic heterocycles. The lowest BCUT2D eigenvalue weighted by molar-refractivity contribution is 0.104. The number of aliphatic imine (C=N–C) groups is 2. The zero-order valence-corrected chi connectivity index (χ0v) is 9.68. The molecule has 2 aromatic rings. The van der Waals surface area contributed by atoms with Crippen molar-refractivity contribution in [3.63, 3.8) is 0 Å². The van der Waals surface area contributed by atoms with Crippen LogP contribution in [0, 0.1) is 0 Å². The van der Waals surface area contributed by atoms with Crippen molar-refractivity contribution in [1.82, 2.24) is 0 Å². The third-order valence-corrected chi connectivity index (χ3v) is 3.15. The molecule has 3 rings (SSSR count). The lowest BCUT2D eigenvalue weighted by atomic mass is 10.1. The normalized spacial score (nSPS) is 11.9. The van der Waals surface area contributed by atoms with Gasteiger partial charge in [-0.3, -0.25) is 14.8 Å². The van der Waals surface area contributed by atoms with Crippen molar-refractivity contribution in [2.24, 2.45) is 9.98 Å². The molecule has 0 fully saturated rings. The highest BCUT2D eigenvalue weighted by Crippen LogP contribution is 2.39. The third-order valence-electron chi connectivity index (χ3n) is 3.15. The van der Waals surface area contributed by atoms with E-state index >= 15 is 0 Å². The van der Waals surface area contributed by atoms with Gasteiger partial charge in [0, 0.05) is 11.1 Å². The lowest BCUT2D eigenvalue weighted by Gasteiger charge is -2.00. The van der Waals surface area contributed by atoms with Crippen molar-refractivity contribution in [2.75, 3.05) is 0 Å². The molecule has 1 aliphatic rings. The van der Waals surface area contributed by atoms with Crippen molar-refractivity contribution < 1.29 is 4.79 Å². The summed E-state index contributed by atoms with van der Waals surface area (Å²) < 4.78 is 0. The highest BCUT2D eigenvalue weighted by Gasteiger charge is 2.26. The van der Waals surface area contributed by atoms with E-state index < -0.39 is 0 Å². The maximum atomic E-state index is 12.3. The number of nitrogens with zero attached hydrogens (tertiary/aromatic N) is 2. The molecule has 3 heteroatoms. The topological polar surface area (TPSA) is 41.8 Å². The van der Waals surface area contributed by atoms with Gasteiger partial charge in [-0.1, -0.05) is 12.1 Å². The maximum absolute atomic E-state index is 12.3. The first-order valence-electron chi connectivity index (χ1n) is 5.51. The Labute approximate surface area is 105 Å². The standard InChI is InChI=1S/C15H10N2O/c1-16-9-3-5-11-12-6-4-10(17-2)8-14(12)15(18)13(11)7-9/h3-8H,1-2H2. The summed E-state index contributed by atoms with van der Waals surface area (Å²) in [5.41, 5.74) is 4.65. The maximum Gasteiger partial charge on any atom is 0.194 e. The molecule has 0 aromatic heterocycles. The first-order chi connectivity index (χ1) is 8.74. The Balaban J connectivity index is 2.27. The Hall–Kier alpha value is -2.55. The molecule has 3 nitrogen and oxygen atoms in total. The summed E-state index contributed by atoms with van der Waals surface area (Å²) in [6.45, 7) is 6.95. The van der Waals surface area contributed by atoms with Gasteiger partial charge in [-0.05, 0) is 48.8 Å². The molecule has 0 radical (unpaired) electrons. The van der Waals surface area contributed by atoms with Crippen molar-refractivity contribution in [3.8, 4) is 11.1 Å². The fourth-order valence-corrected chi connectivity index (χ4v) is 2.25. The minimum absolute atomic E-state index is 0.0102. The number of benzene rings is 2. The second kappa shape index (κ2) is 3.74. The van der Waals surface area contributed by atoms with Crippen LogP contribution in [0.2, 0.25) is 0 Å². The van der Waals surface area contributed by atoms with Gasteiger partial charge >= 0.3 is 0 Å². The quantitative estimate of drug-likeness (QED) is 0.625. The molecule has 0 unspecified atom stereocenters. The molecule has 0 saturated carbocycles. The fourth-order valence-electron chi connectivity index (χ4n) is 2.25. The van der Waals surface area contributed by atoms with Crippen molar-refractivity contribution in [2.45, 2.75) is 0 Å². The zero-order valence-electron chi connectivity index (χ0n) is 9.68. The Kier molecular flexibility index (Phi) is 2.20. The summed E-state index contributed by atoms with van der Waals surface area (Å²) >= 11 is 0. The van der Waals surface area contributed by atoms with Crippen LogP contribution < -0.4 is 0 Å². The van der Waals surface area contributed by atoms with Crippen molar-refractivity contribution >= 4 is 30.6 Å². The largest absolute Gasteiger partial charge is 0.289 e. The van der Waals surface area contributed by atoms with Crippen LogP contribution in [0.5, 0.6) is 0 Å². The van der Waals surface area contributed by atoms with Gasteiger partial charge in [0.25, 0.3) is 0 Å². The second-order valence-electron chi connectivity index (χ2n) is 4.11. The van der Waals surface area contributed by atoms with E-state index in [1.807, 2.05) is 24.3 Å². The van der Waals surface area contributed by atoms with Crippen LogP contribution in [0.1, 0.15) is 15.9 Å². The molecule has 86 valence electrons. The molecule has 0 amide bonds. The van der Waals surface area contributed by atoms with Crippen LogP contribution in [0.25, 0.3) is 11.1 Å². The number of hydrogen-bond acceptors (Lipinski definition) is 3. The summed E-state index contributed by atoms with van der Waals surface area (Å²) in [6, 6.07) is 11.1.